The molecular weight excluding hydrogens is 498 g/mol. The lowest BCUT2D eigenvalue weighted by Crippen LogP contribution is -2.51. The Balaban J connectivity index is 2.01. The first-order valence-corrected chi connectivity index (χ1v) is 13.4. The fourth-order valence-electron chi connectivity index (χ4n) is 3.68. The molecule has 0 fully saturated rings. The van der Waals surface area contributed by atoms with E-state index in [4.69, 9.17) is 11.6 Å². The molecule has 0 aliphatic carbocycles. The molecule has 7 nitrogen and oxygen atoms in total. The number of para-hydroxylation sites is 1. The summed E-state index contributed by atoms with van der Waals surface area (Å²) >= 11 is 6.34. The monoisotopic (exact) mass is 527 g/mol. The Labute approximate surface area is 217 Å². The Hall–Kier alpha value is -3.36. The van der Waals surface area contributed by atoms with E-state index in [-0.39, 0.29) is 17.3 Å². The van der Waals surface area contributed by atoms with Crippen molar-refractivity contribution in [3.05, 3.63) is 95.0 Å². The van der Waals surface area contributed by atoms with Gasteiger partial charge in [0.15, 0.2) is 0 Å². The molecule has 1 N–H and O–H groups in total. The van der Waals surface area contributed by atoms with E-state index in [1.54, 1.807) is 80.6 Å². The van der Waals surface area contributed by atoms with Gasteiger partial charge in [0.2, 0.25) is 11.8 Å². The van der Waals surface area contributed by atoms with E-state index < -0.39 is 28.5 Å². The molecular formula is C27H30ClN3O4S. The topological polar surface area (TPSA) is 86.8 Å². The smallest absolute Gasteiger partial charge is 0.264 e. The lowest BCUT2D eigenvalue weighted by molar-refractivity contribution is -0.139. The van der Waals surface area contributed by atoms with Gasteiger partial charge in [-0.3, -0.25) is 13.9 Å². The van der Waals surface area contributed by atoms with Gasteiger partial charge in [0, 0.05) is 18.1 Å². The molecule has 0 aliphatic rings. The van der Waals surface area contributed by atoms with Crippen LogP contribution in [0.1, 0.15) is 25.0 Å². The molecule has 0 aliphatic heterocycles. The van der Waals surface area contributed by atoms with E-state index in [2.05, 4.69) is 5.32 Å². The van der Waals surface area contributed by atoms with Crippen LogP contribution in [-0.2, 0) is 26.2 Å². The highest BCUT2D eigenvalue weighted by atomic mass is 35.5. The van der Waals surface area contributed by atoms with E-state index in [1.807, 2.05) is 6.92 Å². The van der Waals surface area contributed by atoms with Crippen LogP contribution in [0.3, 0.4) is 0 Å². The maximum absolute atomic E-state index is 13.7. The van der Waals surface area contributed by atoms with Gasteiger partial charge in [-0.05, 0) is 56.7 Å². The normalized spacial score (nSPS) is 12.0. The predicted octanol–water partition coefficient (Wildman–Crippen LogP) is 4.40. The van der Waals surface area contributed by atoms with Crippen molar-refractivity contribution in [2.24, 2.45) is 0 Å². The Morgan fingerprint density at radius 1 is 0.944 bits per heavy atom. The van der Waals surface area contributed by atoms with Crippen molar-refractivity contribution >= 4 is 39.1 Å². The van der Waals surface area contributed by atoms with E-state index in [1.165, 1.54) is 17.0 Å². The number of carbonyl (C=O) groups excluding carboxylic acids is 2. The third-order valence-corrected chi connectivity index (χ3v) is 7.91. The Morgan fingerprint density at radius 3 is 2.17 bits per heavy atom. The number of likely N-dealkylation sites (N-methyl/N-ethyl adjacent to an activating group) is 1. The van der Waals surface area contributed by atoms with Gasteiger partial charge >= 0.3 is 0 Å². The molecule has 2 amide bonds. The molecule has 0 spiro atoms. The highest BCUT2D eigenvalue weighted by Crippen LogP contribution is 2.25. The van der Waals surface area contributed by atoms with Crippen LogP contribution in [0.5, 0.6) is 0 Å². The van der Waals surface area contributed by atoms with Gasteiger partial charge in [-0.2, -0.15) is 0 Å². The van der Waals surface area contributed by atoms with Gasteiger partial charge in [0.1, 0.15) is 12.6 Å². The molecule has 190 valence electrons. The number of halogens is 1. The summed E-state index contributed by atoms with van der Waals surface area (Å²) in [4.78, 5) is 27.8. The van der Waals surface area contributed by atoms with E-state index in [0.717, 1.165) is 9.87 Å². The molecule has 0 bridgehead atoms. The second-order valence-corrected chi connectivity index (χ2v) is 10.6. The molecule has 1 atom stereocenters. The summed E-state index contributed by atoms with van der Waals surface area (Å²) in [5.41, 5.74) is 1.91. The number of hydrogen-bond donors (Lipinski definition) is 1. The highest BCUT2D eigenvalue weighted by molar-refractivity contribution is 7.92. The third kappa shape index (κ3) is 6.44. The summed E-state index contributed by atoms with van der Waals surface area (Å²) in [7, 11) is -4.08. The second-order valence-electron chi connectivity index (χ2n) is 8.34. The molecule has 9 heteroatoms. The Morgan fingerprint density at radius 2 is 1.56 bits per heavy atom. The van der Waals surface area contributed by atoms with Crippen molar-refractivity contribution in [2.75, 3.05) is 17.4 Å². The van der Waals surface area contributed by atoms with Gasteiger partial charge in [0.25, 0.3) is 10.0 Å². The fourth-order valence-corrected chi connectivity index (χ4v) is 5.28. The number of benzene rings is 3. The van der Waals surface area contributed by atoms with Gasteiger partial charge in [-0.15, -0.1) is 0 Å². The van der Waals surface area contributed by atoms with Crippen molar-refractivity contribution < 1.29 is 18.0 Å². The molecule has 0 saturated carbocycles. The van der Waals surface area contributed by atoms with Crippen LogP contribution in [0.15, 0.2) is 83.8 Å². The quantitative estimate of drug-likeness (QED) is 0.423. The van der Waals surface area contributed by atoms with Crippen LogP contribution in [-0.4, -0.2) is 44.3 Å². The van der Waals surface area contributed by atoms with Crippen molar-refractivity contribution in [1.82, 2.24) is 10.2 Å². The van der Waals surface area contributed by atoms with Crippen molar-refractivity contribution in [2.45, 2.75) is 38.3 Å². The zero-order chi connectivity index (χ0) is 26.3. The van der Waals surface area contributed by atoms with Gasteiger partial charge in [-0.25, -0.2) is 8.42 Å². The van der Waals surface area contributed by atoms with E-state index in [0.29, 0.717) is 22.8 Å². The summed E-state index contributed by atoms with van der Waals surface area (Å²) < 4.78 is 28.4. The number of amides is 2. The number of anilines is 1. The molecule has 36 heavy (non-hydrogen) atoms. The minimum atomic E-state index is -4.08. The van der Waals surface area contributed by atoms with Crippen LogP contribution in [0.2, 0.25) is 5.02 Å². The molecule has 0 aromatic heterocycles. The van der Waals surface area contributed by atoms with E-state index >= 15 is 0 Å². The SMILES string of the molecule is CCNC(=O)C(C)N(Cc1ccccc1Cl)C(=O)CN(c1ccccc1)S(=O)(=O)c1ccc(C)cc1. The van der Waals surface area contributed by atoms with Crippen molar-refractivity contribution in [1.29, 1.82) is 0 Å². The zero-order valence-electron chi connectivity index (χ0n) is 20.5. The molecule has 0 heterocycles. The number of rotatable bonds is 10. The maximum atomic E-state index is 13.7. The van der Waals surface area contributed by atoms with E-state index in [9.17, 15) is 18.0 Å². The van der Waals surface area contributed by atoms with Crippen LogP contribution in [0, 0.1) is 6.92 Å². The van der Waals surface area contributed by atoms with Crippen LogP contribution in [0.25, 0.3) is 0 Å². The van der Waals surface area contributed by atoms with Gasteiger partial charge in [0.05, 0.1) is 10.6 Å². The second kappa shape index (κ2) is 12.1. The molecule has 3 aromatic carbocycles. The molecule has 0 saturated heterocycles. The first-order chi connectivity index (χ1) is 17.1. The average Bonchev–Trinajstić information content (AvgIpc) is 2.87. The predicted molar refractivity (Wildman–Crippen MR) is 142 cm³/mol. The molecule has 1 unspecified atom stereocenters. The Bertz CT molecular complexity index is 1300. The number of nitrogens with one attached hydrogen (secondary N) is 1. The standard InChI is InChI=1S/C27H30ClN3O4S/c1-4-29-27(33)21(3)30(18-22-10-8-9-13-25(22)28)26(32)19-31(23-11-6-5-7-12-23)36(34,35)24-16-14-20(2)15-17-24/h5-17,21H,4,18-19H2,1-3H3,(H,29,33). The number of aryl methyl sites for hydroxylation is 1. The maximum Gasteiger partial charge on any atom is 0.264 e. The Kier molecular flexibility index (Phi) is 9.12. The van der Waals surface area contributed by atoms with Crippen molar-refractivity contribution in [3.63, 3.8) is 0 Å². The number of hydrogen-bond acceptors (Lipinski definition) is 4. The molecule has 3 aromatic rings. The first-order valence-electron chi connectivity index (χ1n) is 11.6. The number of nitrogens with zero attached hydrogens (tertiary/aromatic N) is 2. The summed E-state index contributed by atoms with van der Waals surface area (Å²) in [6, 6.07) is 21.1. The lowest BCUT2D eigenvalue weighted by Gasteiger charge is -2.32. The lowest BCUT2D eigenvalue weighted by atomic mass is 10.1. The van der Waals surface area contributed by atoms with Crippen molar-refractivity contribution in [3.8, 4) is 0 Å². The summed E-state index contributed by atoms with van der Waals surface area (Å²) in [5, 5.41) is 3.18. The number of carbonyl (C=O) groups is 2. The minimum Gasteiger partial charge on any atom is -0.355 e. The highest BCUT2D eigenvalue weighted by Gasteiger charge is 2.32. The van der Waals surface area contributed by atoms with Crippen LogP contribution in [0.4, 0.5) is 5.69 Å². The first kappa shape index (κ1) is 27.2. The number of sulfonamides is 1. The van der Waals surface area contributed by atoms with Crippen LogP contribution >= 0.6 is 11.6 Å². The van der Waals surface area contributed by atoms with Crippen LogP contribution < -0.4 is 9.62 Å². The zero-order valence-corrected chi connectivity index (χ0v) is 22.1. The summed E-state index contributed by atoms with van der Waals surface area (Å²) in [6.45, 7) is 5.22. The minimum absolute atomic E-state index is 0.0457. The van der Waals surface area contributed by atoms with Gasteiger partial charge < -0.3 is 10.2 Å². The summed E-state index contributed by atoms with van der Waals surface area (Å²) in [5.74, 6) is -0.876. The fraction of sp³-hybridized carbons (Fsp3) is 0.259. The molecule has 0 radical (unpaired) electrons. The molecule has 3 rings (SSSR count). The third-order valence-electron chi connectivity index (χ3n) is 5.75. The summed E-state index contributed by atoms with van der Waals surface area (Å²) in [6.07, 6.45) is 0. The average molecular weight is 528 g/mol. The largest absolute Gasteiger partial charge is 0.355 e. The van der Waals surface area contributed by atoms with Gasteiger partial charge in [-0.1, -0.05) is 65.7 Å².